The number of rotatable bonds is 9. The van der Waals surface area contributed by atoms with E-state index in [2.05, 4.69) is 34.3 Å². The summed E-state index contributed by atoms with van der Waals surface area (Å²) in [5.74, 6) is 3.89. The Labute approximate surface area is 224 Å². The number of aromatic carboxylic acids is 1. The normalized spacial score (nSPS) is 12.4. The quantitative estimate of drug-likeness (QED) is 0.187. The highest BCUT2D eigenvalue weighted by Crippen LogP contribution is 2.37. The monoisotopic (exact) mass is 532 g/mol. The van der Waals surface area contributed by atoms with Crippen molar-refractivity contribution in [2.75, 3.05) is 19.0 Å². The van der Waals surface area contributed by atoms with Crippen LogP contribution in [-0.4, -0.2) is 35.7 Å². The molecule has 0 aliphatic rings. The van der Waals surface area contributed by atoms with Gasteiger partial charge in [-0.05, 0) is 61.6 Å². The number of anilines is 1. The molecule has 4 rings (SSSR count). The first kappa shape index (κ1) is 26.6. The molecule has 1 unspecified atom stereocenters. The molecule has 0 bridgehead atoms. The summed E-state index contributed by atoms with van der Waals surface area (Å²) in [7, 11) is 1.56. The lowest BCUT2D eigenvalue weighted by atomic mass is 10.0. The van der Waals surface area contributed by atoms with Gasteiger partial charge in [0.05, 0.1) is 11.2 Å². The number of carbonyl (C=O) groups is 1. The standard InChI is InChI=1S/C29H28N2O4S2/c1-5-35-29(34-4,16-23-10-6-19(2)14-20(23)3)31-25-15-26(37-27(25)28(32)33)22-11-7-21(8-12-22)9-13-24-17-36-18-30-24/h6-8,10-12,14-15,17-18,31H,5,16H2,1-4H3,(H,32,33). The molecular formula is C29H28N2O4S2. The molecule has 0 amide bonds. The summed E-state index contributed by atoms with van der Waals surface area (Å²) in [6.45, 7) is 6.36. The Hall–Kier alpha value is -3.48. The van der Waals surface area contributed by atoms with Gasteiger partial charge < -0.3 is 19.9 Å². The lowest BCUT2D eigenvalue weighted by Crippen LogP contribution is -2.46. The molecule has 2 aromatic heterocycles. The molecule has 4 aromatic rings. The second-order valence-electron chi connectivity index (χ2n) is 8.48. The average Bonchev–Trinajstić information content (AvgIpc) is 3.55. The summed E-state index contributed by atoms with van der Waals surface area (Å²) in [5.41, 5.74) is 8.03. The number of hydrogen-bond acceptors (Lipinski definition) is 7. The van der Waals surface area contributed by atoms with Crippen LogP contribution in [-0.2, 0) is 15.9 Å². The highest BCUT2D eigenvalue weighted by Gasteiger charge is 2.34. The van der Waals surface area contributed by atoms with Crippen LogP contribution in [0.2, 0.25) is 0 Å². The third-order valence-electron chi connectivity index (χ3n) is 5.82. The fourth-order valence-corrected chi connectivity index (χ4v) is 5.40. The number of aromatic nitrogens is 1. The van der Waals surface area contributed by atoms with Crippen LogP contribution in [0.15, 0.2) is 59.4 Å². The van der Waals surface area contributed by atoms with E-state index in [1.165, 1.54) is 28.2 Å². The van der Waals surface area contributed by atoms with Gasteiger partial charge in [-0.3, -0.25) is 0 Å². The minimum Gasteiger partial charge on any atom is -0.477 e. The van der Waals surface area contributed by atoms with E-state index in [0.717, 1.165) is 32.8 Å². The lowest BCUT2D eigenvalue weighted by Gasteiger charge is -2.34. The van der Waals surface area contributed by atoms with E-state index in [0.29, 0.717) is 18.7 Å². The second kappa shape index (κ2) is 11.7. The van der Waals surface area contributed by atoms with Crippen LogP contribution >= 0.6 is 22.7 Å². The van der Waals surface area contributed by atoms with E-state index in [1.54, 1.807) is 12.6 Å². The Kier molecular flexibility index (Phi) is 8.41. The van der Waals surface area contributed by atoms with Crippen molar-refractivity contribution in [2.24, 2.45) is 0 Å². The molecule has 0 radical (unpaired) electrons. The van der Waals surface area contributed by atoms with Gasteiger partial charge in [0, 0.05) is 36.0 Å². The van der Waals surface area contributed by atoms with Crippen molar-refractivity contribution in [1.82, 2.24) is 4.98 Å². The number of benzene rings is 2. The molecule has 6 nitrogen and oxygen atoms in total. The van der Waals surface area contributed by atoms with Crippen molar-refractivity contribution >= 4 is 34.3 Å². The lowest BCUT2D eigenvalue weighted by molar-refractivity contribution is -0.198. The first-order chi connectivity index (χ1) is 17.8. The predicted octanol–water partition coefficient (Wildman–Crippen LogP) is 6.58. The smallest absolute Gasteiger partial charge is 0.348 e. The molecular weight excluding hydrogens is 504 g/mol. The van der Waals surface area contributed by atoms with E-state index in [9.17, 15) is 9.90 Å². The van der Waals surface area contributed by atoms with Crippen LogP contribution in [0.4, 0.5) is 5.69 Å². The van der Waals surface area contributed by atoms with Gasteiger partial charge >= 0.3 is 5.97 Å². The zero-order valence-corrected chi connectivity index (χ0v) is 22.8. The molecule has 0 saturated carbocycles. The number of aryl methyl sites for hydroxylation is 2. The molecule has 0 saturated heterocycles. The van der Waals surface area contributed by atoms with Gasteiger partial charge in [0.1, 0.15) is 10.6 Å². The Balaban J connectivity index is 1.63. The first-order valence-corrected chi connectivity index (χ1v) is 13.5. The molecule has 0 spiro atoms. The number of methoxy groups -OCH3 is 1. The van der Waals surface area contributed by atoms with Crippen molar-refractivity contribution in [1.29, 1.82) is 0 Å². The van der Waals surface area contributed by atoms with E-state index in [4.69, 9.17) is 9.47 Å². The Bertz CT molecular complexity index is 1430. The van der Waals surface area contributed by atoms with Crippen molar-refractivity contribution in [2.45, 2.75) is 33.1 Å². The van der Waals surface area contributed by atoms with Crippen LogP contribution < -0.4 is 5.32 Å². The van der Waals surface area contributed by atoms with E-state index in [-0.39, 0.29) is 4.88 Å². The van der Waals surface area contributed by atoms with Crippen molar-refractivity contribution in [3.8, 4) is 22.3 Å². The van der Waals surface area contributed by atoms with E-state index >= 15 is 0 Å². The fraction of sp³-hybridized carbons (Fsp3) is 0.241. The predicted molar refractivity (Wildman–Crippen MR) is 149 cm³/mol. The van der Waals surface area contributed by atoms with Gasteiger partial charge in [-0.1, -0.05) is 41.8 Å². The van der Waals surface area contributed by atoms with Crippen molar-refractivity contribution in [3.05, 3.63) is 92.2 Å². The molecule has 1 atom stereocenters. The van der Waals surface area contributed by atoms with E-state index in [1.807, 2.05) is 62.5 Å². The number of carboxylic acids is 1. The molecule has 0 aliphatic heterocycles. The second-order valence-corrected chi connectivity index (χ2v) is 10.3. The molecule has 190 valence electrons. The van der Waals surface area contributed by atoms with Crippen molar-refractivity contribution < 1.29 is 19.4 Å². The average molecular weight is 533 g/mol. The maximum atomic E-state index is 12.2. The summed E-state index contributed by atoms with van der Waals surface area (Å²) in [4.78, 5) is 17.3. The molecule has 0 aliphatic carbocycles. The number of thiazole rings is 1. The zero-order valence-electron chi connectivity index (χ0n) is 21.1. The van der Waals surface area contributed by atoms with Gasteiger partial charge in [-0.15, -0.1) is 22.7 Å². The number of thiophene rings is 1. The summed E-state index contributed by atoms with van der Waals surface area (Å²) in [5, 5.41) is 15.1. The number of nitrogens with one attached hydrogen (secondary N) is 1. The SMILES string of the molecule is CCOC(Cc1ccc(C)cc1C)(Nc1cc(-c2ccc(C#Cc3cscn3)cc2)sc1C(=O)O)OC. The maximum Gasteiger partial charge on any atom is 0.348 e. The third-order valence-corrected chi connectivity index (χ3v) is 7.58. The zero-order chi connectivity index (χ0) is 26.4. The molecule has 2 N–H and O–H groups in total. The summed E-state index contributed by atoms with van der Waals surface area (Å²) >= 11 is 2.71. The molecule has 2 aromatic carbocycles. The maximum absolute atomic E-state index is 12.2. The largest absolute Gasteiger partial charge is 0.477 e. The minimum absolute atomic E-state index is 0.184. The highest BCUT2D eigenvalue weighted by atomic mass is 32.1. The van der Waals surface area contributed by atoms with Gasteiger partial charge in [0.2, 0.25) is 0 Å². The van der Waals surface area contributed by atoms with Crippen LogP contribution in [0.25, 0.3) is 10.4 Å². The van der Waals surface area contributed by atoms with E-state index < -0.39 is 11.9 Å². The molecule has 37 heavy (non-hydrogen) atoms. The van der Waals surface area contributed by atoms with Crippen LogP contribution in [0.3, 0.4) is 0 Å². The summed E-state index contributed by atoms with van der Waals surface area (Å²) < 4.78 is 11.9. The van der Waals surface area contributed by atoms with Crippen LogP contribution in [0.5, 0.6) is 0 Å². The van der Waals surface area contributed by atoms with Crippen LogP contribution in [0.1, 0.15) is 44.5 Å². The van der Waals surface area contributed by atoms with Crippen LogP contribution in [0, 0.1) is 25.7 Å². The Morgan fingerprint density at radius 3 is 2.54 bits per heavy atom. The minimum atomic E-state index is -1.23. The number of hydrogen-bond donors (Lipinski definition) is 2. The fourth-order valence-electron chi connectivity index (χ4n) is 3.96. The Morgan fingerprint density at radius 2 is 1.92 bits per heavy atom. The molecule has 2 heterocycles. The molecule has 0 fully saturated rings. The number of carboxylic acid groups (broad SMARTS) is 1. The van der Waals surface area contributed by atoms with Gasteiger partial charge in [0.15, 0.2) is 0 Å². The topological polar surface area (TPSA) is 80.7 Å². The number of nitrogens with zero attached hydrogens (tertiary/aromatic N) is 1. The van der Waals surface area contributed by atoms with Gasteiger partial charge in [-0.2, -0.15) is 0 Å². The highest BCUT2D eigenvalue weighted by molar-refractivity contribution is 7.18. The molecule has 8 heteroatoms. The third kappa shape index (κ3) is 6.45. The van der Waals surface area contributed by atoms with Gasteiger partial charge in [0.25, 0.3) is 5.91 Å². The first-order valence-electron chi connectivity index (χ1n) is 11.7. The summed E-state index contributed by atoms with van der Waals surface area (Å²) in [6, 6.07) is 15.8. The van der Waals surface area contributed by atoms with Crippen molar-refractivity contribution in [3.63, 3.8) is 0 Å². The Morgan fingerprint density at radius 1 is 1.14 bits per heavy atom. The summed E-state index contributed by atoms with van der Waals surface area (Å²) in [6.07, 6.45) is 0.403. The number of ether oxygens (including phenoxy) is 2. The van der Waals surface area contributed by atoms with Gasteiger partial charge in [-0.25, -0.2) is 9.78 Å².